The van der Waals surface area contributed by atoms with E-state index in [0.29, 0.717) is 18.1 Å². The van der Waals surface area contributed by atoms with Crippen molar-refractivity contribution >= 4 is 0 Å². The average Bonchev–Trinajstić information content (AvgIpc) is 2.77. The lowest BCUT2D eigenvalue weighted by Crippen LogP contribution is -2.15. The van der Waals surface area contributed by atoms with Crippen molar-refractivity contribution in [1.82, 2.24) is 15.0 Å². The van der Waals surface area contributed by atoms with Crippen LogP contribution in [0.25, 0.3) is 0 Å². The largest absolute Gasteiger partial charge is 0.508 e. The van der Waals surface area contributed by atoms with Gasteiger partial charge in [0.05, 0.1) is 6.42 Å². The van der Waals surface area contributed by atoms with Gasteiger partial charge in [-0.15, -0.1) is 0 Å². The standard InChI is InChI=1S/C13H17N3O2/c1-16(2)8-7-12-14-13(18-15-12)9-10-5-3-4-6-11(10)17/h3-6,17H,7-9H2,1-2H3. The Balaban J connectivity index is 2.00. The molecule has 18 heavy (non-hydrogen) atoms. The van der Waals surface area contributed by atoms with Gasteiger partial charge in [-0.05, 0) is 20.2 Å². The van der Waals surface area contributed by atoms with Gasteiger partial charge in [-0.3, -0.25) is 0 Å². The molecule has 2 rings (SSSR count). The highest BCUT2D eigenvalue weighted by atomic mass is 16.5. The van der Waals surface area contributed by atoms with Gasteiger partial charge in [0.25, 0.3) is 0 Å². The molecule has 0 radical (unpaired) electrons. The zero-order chi connectivity index (χ0) is 13.0. The van der Waals surface area contributed by atoms with Crippen LogP contribution in [-0.4, -0.2) is 40.8 Å². The van der Waals surface area contributed by atoms with Gasteiger partial charge in [0.1, 0.15) is 5.75 Å². The Morgan fingerprint density at radius 2 is 2.06 bits per heavy atom. The SMILES string of the molecule is CN(C)CCc1noc(Cc2ccccc2O)n1. The van der Waals surface area contributed by atoms with Crippen molar-refractivity contribution in [3.8, 4) is 5.75 Å². The van der Waals surface area contributed by atoms with E-state index in [4.69, 9.17) is 4.52 Å². The highest BCUT2D eigenvalue weighted by molar-refractivity contribution is 5.33. The minimum Gasteiger partial charge on any atom is -0.508 e. The number of aromatic hydroxyl groups is 1. The van der Waals surface area contributed by atoms with E-state index in [-0.39, 0.29) is 5.75 Å². The van der Waals surface area contributed by atoms with Crippen molar-refractivity contribution in [3.63, 3.8) is 0 Å². The summed E-state index contributed by atoms with van der Waals surface area (Å²) in [5.74, 6) is 1.49. The van der Waals surface area contributed by atoms with Crippen molar-refractivity contribution in [1.29, 1.82) is 0 Å². The summed E-state index contributed by atoms with van der Waals surface area (Å²) in [5.41, 5.74) is 0.792. The summed E-state index contributed by atoms with van der Waals surface area (Å²) >= 11 is 0. The molecule has 96 valence electrons. The number of hydrogen-bond acceptors (Lipinski definition) is 5. The summed E-state index contributed by atoms with van der Waals surface area (Å²) < 4.78 is 5.17. The first kappa shape index (κ1) is 12.6. The minimum atomic E-state index is 0.255. The Morgan fingerprint density at radius 1 is 1.28 bits per heavy atom. The van der Waals surface area contributed by atoms with Crippen LogP contribution in [0.1, 0.15) is 17.3 Å². The number of phenols is 1. The molecule has 0 atom stereocenters. The number of aromatic nitrogens is 2. The van der Waals surface area contributed by atoms with Gasteiger partial charge in [-0.25, -0.2) is 0 Å². The molecule has 5 heteroatoms. The lowest BCUT2D eigenvalue weighted by Gasteiger charge is -2.05. The maximum Gasteiger partial charge on any atom is 0.231 e. The predicted molar refractivity (Wildman–Crippen MR) is 67.5 cm³/mol. The number of benzene rings is 1. The van der Waals surface area contributed by atoms with E-state index in [1.54, 1.807) is 12.1 Å². The second-order valence-electron chi connectivity index (χ2n) is 4.46. The van der Waals surface area contributed by atoms with E-state index in [0.717, 1.165) is 18.5 Å². The minimum absolute atomic E-state index is 0.255. The van der Waals surface area contributed by atoms with Crippen LogP contribution < -0.4 is 0 Å². The fourth-order valence-corrected chi connectivity index (χ4v) is 1.61. The number of rotatable bonds is 5. The normalized spacial score (nSPS) is 11.1. The molecule has 0 fully saturated rings. The second kappa shape index (κ2) is 5.64. The molecule has 1 N–H and O–H groups in total. The van der Waals surface area contributed by atoms with Crippen LogP contribution in [0.3, 0.4) is 0 Å². The van der Waals surface area contributed by atoms with Gasteiger partial charge in [0.15, 0.2) is 5.82 Å². The van der Waals surface area contributed by atoms with Crippen LogP contribution in [0.15, 0.2) is 28.8 Å². The Hall–Kier alpha value is -1.88. The molecule has 0 amide bonds. The smallest absolute Gasteiger partial charge is 0.231 e. The van der Waals surface area contributed by atoms with Crippen LogP contribution in [0.4, 0.5) is 0 Å². The van der Waals surface area contributed by atoms with Crippen molar-refractivity contribution in [2.75, 3.05) is 20.6 Å². The van der Waals surface area contributed by atoms with E-state index < -0.39 is 0 Å². The van der Waals surface area contributed by atoms with Crippen LogP contribution in [0.2, 0.25) is 0 Å². The molecule has 0 spiro atoms. The van der Waals surface area contributed by atoms with E-state index in [1.807, 2.05) is 26.2 Å². The highest BCUT2D eigenvalue weighted by Gasteiger charge is 2.09. The molecule has 1 heterocycles. The van der Waals surface area contributed by atoms with Gasteiger partial charge < -0.3 is 14.5 Å². The molecule has 1 aromatic heterocycles. The summed E-state index contributed by atoms with van der Waals surface area (Å²) in [4.78, 5) is 6.37. The maximum atomic E-state index is 9.66. The molecule has 2 aromatic rings. The summed E-state index contributed by atoms with van der Waals surface area (Å²) in [7, 11) is 4.01. The molecular formula is C13H17N3O2. The Labute approximate surface area is 106 Å². The molecule has 0 bridgehead atoms. The van der Waals surface area contributed by atoms with Crippen LogP contribution in [0.5, 0.6) is 5.75 Å². The highest BCUT2D eigenvalue weighted by Crippen LogP contribution is 2.18. The molecule has 0 aliphatic carbocycles. The van der Waals surface area contributed by atoms with Gasteiger partial charge >= 0.3 is 0 Å². The van der Waals surface area contributed by atoms with Crippen molar-refractivity contribution in [2.24, 2.45) is 0 Å². The number of phenolic OH excluding ortho intramolecular Hbond substituents is 1. The monoisotopic (exact) mass is 247 g/mol. The van der Waals surface area contributed by atoms with Gasteiger partial charge in [0.2, 0.25) is 5.89 Å². The fourth-order valence-electron chi connectivity index (χ4n) is 1.61. The molecule has 0 aliphatic rings. The summed E-state index contributed by atoms with van der Waals surface area (Å²) in [5, 5.41) is 13.6. The first-order valence-corrected chi connectivity index (χ1v) is 5.88. The summed E-state index contributed by atoms with van der Waals surface area (Å²) in [6.45, 7) is 0.884. The third kappa shape index (κ3) is 3.30. The Bertz CT molecular complexity index is 508. The molecule has 0 aliphatic heterocycles. The van der Waals surface area contributed by atoms with Crippen LogP contribution in [0, 0.1) is 0 Å². The molecular weight excluding hydrogens is 230 g/mol. The van der Waals surface area contributed by atoms with E-state index in [9.17, 15) is 5.11 Å². The lowest BCUT2D eigenvalue weighted by atomic mass is 10.1. The number of hydrogen-bond donors (Lipinski definition) is 1. The molecule has 1 aromatic carbocycles. The van der Waals surface area contributed by atoms with E-state index in [2.05, 4.69) is 15.0 Å². The van der Waals surface area contributed by atoms with Gasteiger partial charge in [-0.1, -0.05) is 23.4 Å². The van der Waals surface area contributed by atoms with Crippen molar-refractivity contribution < 1.29 is 9.63 Å². The summed E-state index contributed by atoms with van der Waals surface area (Å²) in [6, 6.07) is 7.16. The topological polar surface area (TPSA) is 62.4 Å². The third-order valence-electron chi connectivity index (χ3n) is 2.63. The summed E-state index contributed by atoms with van der Waals surface area (Å²) in [6.07, 6.45) is 1.22. The predicted octanol–water partition coefficient (Wildman–Crippen LogP) is 1.47. The van der Waals surface area contributed by atoms with E-state index >= 15 is 0 Å². The Morgan fingerprint density at radius 3 is 2.78 bits per heavy atom. The first-order valence-electron chi connectivity index (χ1n) is 5.88. The first-order chi connectivity index (χ1) is 8.65. The maximum absolute atomic E-state index is 9.66. The molecule has 5 nitrogen and oxygen atoms in total. The zero-order valence-electron chi connectivity index (χ0n) is 10.6. The van der Waals surface area contributed by atoms with Gasteiger partial charge in [-0.2, -0.15) is 4.98 Å². The number of nitrogens with zero attached hydrogens (tertiary/aromatic N) is 3. The van der Waals surface area contributed by atoms with E-state index in [1.165, 1.54) is 0 Å². The fraction of sp³-hybridized carbons (Fsp3) is 0.385. The molecule has 0 saturated heterocycles. The van der Waals surface area contributed by atoms with Gasteiger partial charge in [0, 0.05) is 18.5 Å². The third-order valence-corrected chi connectivity index (χ3v) is 2.63. The molecule has 0 saturated carbocycles. The lowest BCUT2D eigenvalue weighted by molar-refractivity contribution is 0.369. The molecule has 0 unspecified atom stereocenters. The Kier molecular flexibility index (Phi) is 3.94. The van der Waals surface area contributed by atoms with Crippen LogP contribution >= 0.6 is 0 Å². The number of likely N-dealkylation sites (N-methyl/N-ethyl adjacent to an activating group) is 1. The quantitative estimate of drug-likeness (QED) is 0.867. The van der Waals surface area contributed by atoms with Crippen molar-refractivity contribution in [3.05, 3.63) is 41.5 Å². The number of para-hydroxylation sites is 1. The zero-order valence-corrected chi connectivity index (χ0v) is 10.6. The second-order valence-corrected chi connectivity index (χ2v) is 4.46. The van der Waals surface area contributed by atoms with Crippen LogP contribution in [-0.2, 0) is 12.8 Å². The average molecular weight is 247 g/mol. The van der Waals surface area contributed by atoms with Crippen molar-refractivity contribution in [2.45, 2.75) is 12.8 Å².